The van der Waals surface area contributed by atoms with E-state index in [1.807, 2.05) is 5.32 Å². The summed E-state index contributed by atoms with van der Waals surface area (Å²) in [5, 5.41) is 7.04. The molecule has 1 rings (SSSR count). The number of rotatable bonds is 5. The third kappa shape index (κ3) is 6.96. The van der Waals surface area contributed by atoms with E-state index in [4.69, 9.17) is 11.6 Å². The Balaban J connectivity index is 2.53. The van der Waals surface area contributed by atoms with E-state index < -0.39 is 25.2 Å². The quantitative estimate of drug-likeness (QED) is 0.779. The van der Waals surface area contributed by atoms with Crippen LogP contribution in [0.5, 0.6) is 0 Å². The third-order valence-corrected chi connectivity index (χ3v) is 2.49. The van der Waals surface area contributed by atoms with Crippen LogP contribution in [-0.2, 0) is 9.59 Å². The van der Waals surface area contributed by atoms with Crippen LogP contribution in [0.2, 0.25) is 5.02 Å². The summed E-state index contributed by atoms with van der Waals surface area (Å²) >= 11 is 5.89. The van der Waals surface area contributed by atoms with Gasteiger partial charge in [-0.15, -0.1) is 0 Å². The van der Waals surface area contributed by atoms with Crippen LogP contribution in [0.1, 0.15) is 6.92 Å². The van der Waals surface area contributed by atoms with Gasteiger partial charge in [0, 0.05) is 12.6 Å². The highest BCUT2D eigenvalue weighted by Crippen LogP contribution is 2.25. The molecule has 3 N–H and O–H groups in total. The first-order chi connectivity index (χ1) is 9.67. The van der Waals surface area contributed by atoms with Crippen molar-refractivity contribution in [1.82, 2.24) is 5.32 Å². The summed E-state index contributed by atoms with van der Waals surface area (Å²) in [6, 6.07) is 4.33. The van der Waals surface area contributed by atoms with E-state index in [1.54, 1.807) is 0 Å². The summed E-state index contributed by atoms with van der Waals surface area (Å²) in [5.41, 5.74) is 0.685. The fourth-order valence-electron chi connectivity index (χ4n) is 1.41. The van der Waals surface area contributed by atoms with Crippen molar-refractivity contribution in [3.8, 4) is 0 Å². The van der Waals surface area contributed by atoms with Crippen molar-refractivity contribution in [3.63, 3.8) is 0 Å². The molecule has 9 heteroatoms. The summed E-state index contributed by atoms with van der Waals surface area (Å²) < 4.78 is 35.7. The van der Waals surface area contributed by atoms with Crippen LogP contribution in [-0.4, -0.2) is 31.1 Å². The minimum absolute atomic E-state index is 0.200. The lowest BCUT2D eigenvalue weighted by Crippen LogP contribution is -2.35. The molecule has 0 saturated carbocycles. The number of benzene rings is 1. The first-order valence-electron chi connectivity index (χ1n) is 5.82. The van der Waals surface area contributed by atoms with Crippen molar-refractivity contribution >= 4 is 34.8 Å². The van der Waals surface area contributed by atoms with Gasteiger partial charge in [0.2, 0.25) is 11.8 Å². The van der Waals surface area contributed by atoms with Gasteiger partial charge in [-0.05, 0) is 18.2 Å². The fraction of sp³-hybridized carbons (Fsp3) is 0.333. The zero-order valence-corrected chi connectivity index (χ0v) is 11.7. The van der Waals surface area contributed by atoms with Gasteiger partial charge in [0.05, 0.1) is 23.8 Å². The van der Waals surface area contributed by atoms with Gasteiger partial charge in [-0.1, -0.05) is 11.6 Å². The average Bonchev–Trinajstić information content (AvgIpc) is 2.30. The molecule has 0 heterocycles. The van der Waals surface area contributed by atoms with E-state index in [0.717, 1.165) is 0 Å². The zero-order valence-electron chi connectivity index (χ0n) is 11.0. The Bertz CT molecular complexity index is 535. The lowest BCUT2D eigenvalue weighted by atomic mass is 10.2. The largest absolute Gasteiger partial charge is 0.401 e. The Labute approximate surface area is 123 Å². The number of anilines is 2. The molecule has 0 radical (unpaired) electrons. The summed E-state index contributed by atoms with van der Waals surface area (Å²) in [5.74, 6) is -0.937. The van der Waals surface area contributed by atoms with E-state index in [0.29, 0.717) is 11.4 Å². The normalized spacial score (nSPS) is 11.1. The van der Waals surface area contributed by atoms with E-state index in [1.165, 1.54) is 25.1 Å². The lowest BCUT2D eigenvalue weighted by Gasteiger charge is -2.10. The second-order valence-corrected chi connectivity index (χ2v) is 4.55. The maximum absolute atomic E-state index is 11.9. The Morgan fingerprint density at radius 2 is 1.90 bits per heavy atom. The standard InChI is InChI=1S/C12H13ClF3N3O2/c1-7(20)18-10-3-2-8(4-9(10)13)19-11(21)5-17-6-12(14,15)16/h2-4,17H,5-6H2,1H3,(H,18,20)(H,19,21). The molecule has 1 aromatic carbocycles. The number of hydrogen-bond acceptors (Lipinski definition) is 3. The molecule has 0 bridgehead atoms. The molecule has 0 atom stereocenters. The molecule has 0 fully saturated rings. The van der Waals surface area contributed by atoms with Crippen molar-refractivity contribution in [2.24, 2.45) is 0 Å². The van der Waals surface area contributed by atoms with Crippen molar-refractivity contribution in [2.75, 3.05) is 23.7 Å². The highest BCUT2D eigenvalue weighted by atomic mass is 35.5. The lowest BCUT2D eigenvalue weighted by molar-refractivity contribution is -0.127. The molecule has 0 aromatic heterocycles. The smallest absolute Gasteiger partial charge is 0.325 e. The van der Waals surface area contributed by atoms with Crippen molar-refractivity contribution < 1.29 is 22.8 Å². The minimum Gasteiger partial charge on any atom is -0.325 e. The highest BCUT2D eigenvalue weighted by Gasteiger charge is 2.26. The molecule has 0 aliphatic heterocycles. The molecule has 0 saturated heterocycles. The molecule has 0 aliphatic carbocycles. The van der Waals surface area contributed by atoms with E-state index >= 15 is 0 Å². The Morgan fingerprint density at radius 1 is 1.24 bits per heavy atom. The number of amides is 2. The molecular formula is C12H13ClF3N3O2. The topological polar surface area (TPSA) is 70.2 Å². The molecule has 0 spiro atoms. The fourth-order valence-corrected chi connectivity index (χ4v) is 1.63. The summed E-state index contributed by atoms with van der Waals surface area (Å²) in [4.78, 5) is 22.3. The second kappa shape index (κ2) is 7.28. The van der Waals surface area contributed by atoms with Crippen LogP contribution in [0, 0.1) is 0 Å². The van der Waals surface area contributed by atoms with Gasteiger partial charge in [-0.2, -0.15) is 13.2 Å². The maximum atomic E-state index is 11.9. The molecule has 1 aromatic rings. The van der Waals surface area contributed by atoms with Gasteiger partial charge in [0.1, 0.15) is 0 Å². The van der Waals surface area contributed by atoms with Crippen LogP contribution in [0.4, 0.5) is 24.5 Å². The molecule has 2 amide bonds. The molecule has 5 nitrogen and oxygen atoms in total. The maximum Gasteiger partial charge on any atom is 0.401 e. The van der Waals surface area contributed by atoms with Gasteiger partial charge < -0.3 is 16.0 Å². The Kier molecular flexibility index (Phi) is 5.98. The highest BCUT2D eigenvalue weighted by molar-refractivity contribution is 6.34. The molecule has 0 unspecified atom stereocenters. The van der Waals surface area contributed by atoms with Crippen molar-refractivity contribution in [2.45, 2.75) is 13.1 Å². The second-order valence-electron chi connectivity index (χ2n) is 4.14. The molecule has 116 valence electrons. The SMILES string of the molecule is CC(=O)Nc1ccc(NC(=O)CNCC(F)(F)F)cc1Cl. The summed E-state index contributed by atoms with van der Waals surface area (Å²) in [6.45, 7) is -0.411. The van der Waals surface area contributed by atoms with Gasteiger partial charge >= 0.3 is 6.18 Å². The number of nitrogens with one attached hydrogen (secondary N) is 3. The van der Waals surface area contributed by atoms with Crippen LogP contribution < -0.4 is 16.0 Å². The number of hydrogen-bond donors (Lipinski definition) is 3. The third-order valence-electron chi connectivity index (χ3n) is 2.17. The summed E-state index contributed by atoms with van der Waals surface area (Å²) in [6.07, 6.45) is -4.37. The van der Waals surface area contributed by atoms with Crippen molar-refractivity contribution in [1.29, 1.82) is 0 Å². The Morgan fingerprint density at radius 3 is 2.43 bits per heavy atom. The van der Waals surface area contributed by atoms with Gasteiger partial charge in [-0.25, -0.2) is 0 Å². The van der Waals surface area contributed by atoms with Gasteiger partial charge in [0.25, 0.3) is 0 Å². The van der Waals surface area contributed by atoms with Crippen molar-refractivity contribution in [3.05, 3.63) is 23.2 Å². The first-order valence-corrected chi connectivity index (χ1v) is 6.19. The van der Waals surface area contributed by atoms with Crippen LogP contribution in [0.25, 0.3) is 0 Å². The van der Waals surface area contributed by atoms with E-state index in [9.17, 15) is 22.8 Å². The predicted molar refractivity (Wildman–Crippen MR) is 73.3 cm³/mol. The monoisotopic (exact) mass is 323 g/mol. The number of carbonyl (C=O) groups is 2. The van der Waals surface area contributed by atoms with Crippen LogP contribution in [0.15, 0.2) is 18.2 Å². The zero-order chi connectivity index (χ0) is 16.0. The van der Waals surface area contributed by atoms with E-state index in [2.05, 4.69) is 10.6 Å². The molecule has 0 aliphatic rings. The minimum atomic E-state index is -4.37. The van der Waals surface area contributed by atoms with Crippen LogP contribution in [0.3, 0.4) is 0 Å². The number of alkyl halides is 3. The molecular weight excluding hydrogens is 311 g/mol. The van der Waals surface area contributed by atoms with Gasteiger partial charge in [0.15, 0.2) is 0 Å². The first kappa shape index (κ1) is 17.3. The average molecular weight is 324 g/mol. The number of halogens is 4. The molecule has 21 heavy (non-hydrogen) atoms. The Hall–Kier alpha value is -1.80. The summed E-state index contributed by atoms with van der Waals surface area (Å²) in [7, 11) is 0. The number of carbonyl (C=O) groups excluding carboxylic acids is 2. The van der Waals surface area contributed by atoms with E-state index in [-0.39, 0.29) is 10.9 Å². The van der Waals surface area contributed by atoms with Crippen LogP contribution >= 0.6 is 11.6 Å². The van der Waals surface area contributed by atoms with Gasteiger partial charge in [-0.3, -0.25) is 9.59 Å². The predicted octanol–water partition coefficient (Wildman–Crippen LogP) is 2.39.